The number of hydrogen-bond acceptors (Lipinski definition) is 11. The molecule has 9 rings (SSSR count). The summed E-state index contributed by atoms with van der Waals surface area (Å²) in [7, 11) is 0. The zero-order valence-electron chi connectivity index (χ0n) is 49.4. The summed E-state index contributed by atoms with van der Waals surface area (Å²) in [6, 6.07) is 12.2. The Morgan fingerprint density at radius 3 is 1.64 bits per heavy atom. The summed E-state index contributed by atoms with van der Waals surface area (Å²) in [5, 5.41) is 2.11. The molecule has 5 saturated heterocycles. The van der Waals surface area contributed by atoms with E-state index in [-0.39, 0.29) is 0 Å². The van der Waals surface area contributed by atoms with E-state index in [1.807, 2.05) is 59.4 Å². The van der Waals surface area contributed by atoms with Crippen molar-refractivity contribution in [3.8, 4) is 0 Å². The fraction of sp³-hybridized carbons (Fsp3) is 0.726. The Labute approximate surface area is 463 Å². The number of pyridine rings is 1. The average Bonchev–Trinajstić information content (AvgIpc) is 4.35. The van der Waals surface area contributed by atoms with E-state index in [0.717, 1.165) is 117 Å². The zero-order chi connectivity index (χ0) is 54.7. The lowest BCUT2D eigenvalue weighted by Gasteiger charge is -2.26. The molecule has 75 heavy (non-hydrogen) atoms. The maximum Gasteiger partial charge on any atom is 0.222 e. The van der Waals surface area contributed by atoms with Crippen molar-refractivity contribution in [2.75, 3.05) is 105 Å². The maximum atomic E-state index is 11.1. The van der Waals surface area contributed by atoms with Gasteiger partial charge in [0.05, 0.1) is 45.1 Å². The minimum Gasteiger partial charge on any atom is -0.469 e. The highest BCUT2D eigenvalue weighted by Gasteiger charge is 2.16. The molecule has 1 unspecified atom stereocenters. The smallest absolute Gasteiger partial charge is 0.222 e. The van der Waals surface area contributed by atoms with Crippen molar-refractivity contribution in [2.45, 2.75) is 191 Å². The van der Waals surface area contributed by atoms with E-state index in [4.69, 9.17) is 18.6 Å². The number of carbonyl (C=O) groups excluding carboxylic acids is 1. The van der Waals surface area contributed by atoms with Gasteiger partial charge in [-0.2, -0.15) is 0 Å². The Bertz CT molecular complexity index is 1650. The molecule has 5 fully saturated rings. The number of thiophene rings is 1. The molecule has 4 aromatic rings. The van der Waals surface area contributed by atoms with Gasteiger partial charge in [0, 0.05) is 94.9 Å². The molecule has 4 aromatic heterocycles. The standard InChI is InChI=1S/C8H15NO.C8H17NO.C7H12N2.C7H15NO.C7H9N.C7H15N.C6H12O.C6H8O.C6H8S/c1-2-6-9-7-4-3-5-8(9)10;1-2-3-4-9-5-7-10-8-6-9;1-2-3-5-9-6-4-8-7-9;1-2-3-8-4-6-9-7-5-8;1-2-7-4-3-5-8-6-7;1-2-5-8-6-3-4-7-8;3*1-2-6-4-3-5-7-6/h2-7H2,1H3;2-8H2,1H3;4,6-7H,2-3,5H2,1H3;2-7H2,1H3;3-6H,2H2,1H3;2-7H2,1H3;6H,2-5H2,1H3;2*3-5H,2H2,1H3. The number of piperidine rings is 1. The van der Waals surface area contributed by atoms with Gasteiger partial charge in [-0.1, -0.05) is 87.3 Å². The molecule has 0 bridgehead atoms. The third-order valence-corrected chi connectivity index (χ3v) is 14.0. The van der Waals surface area contributed by atoms with Crippen LogP contribution in [-0.4, -0.2) is 151 Å². The number of morpholine rings is 2. The monoisotopic (exact) mass is 1070 g/mol. The van der Waals surface area contributed by atoms with Crippen LogP contribution in [0.5, 0.6) is 0 Å². The van der Waals surface area contributed by atoms with Gasteiger partial charge < -0.3 is 33.0 Å². The molecule has 13 heteroatoms. The summed E-state index contributed by atoms with van der Waals surface area (Å²) in [6.07, 6.45) is 33.4. The van der Waals surface area contributed by atoms with Crippen LogP contribution in [0.1, 0.15) is 175 Å². The molecule has 1 atom stereocenters. The van der Waals surface area contributed by atoms with E-state index >= 15 is 0 Å². The van der Waals surface area contributed by atoms with Gasteiger partial charge in [-0.3, -0.25) is 19.6 Å². The number of amides is 1. The van der Waals surface area contributed by atoms with Crippen molar-refractivity contribution in [1.82, 2.24) is 34.1 Å². The summed E-state index contributed by atoms with van der Waals surface area (Å²) < 4.78 is 22.8. The van der Waals surface area contributed by atoms with E-state index in [1.54, 1.807) is 12.5 Å². The van der Waals surface area contributed by atoms with E-state index in [9.17, 15) is 4.79 Å². The van der Waals surface area contributed by atoms with E-state index < -0.39 is 0 Å². The number of carbonyl (C=O) groups is 1. The Morgan fingerprint density at radius 2 is 1.23 bits per heavy atom. The topological polar surface area (TPSA) is 102 Å². The molecule has 0 N–H and O–H groups in total. The lowest BCUT2D eigenvalue weighted by atomic mass is 10.1. The number of rotatable bonds is 16. The first kappa shape index (κ1) is 69.6. The molecule has 0 aliphatic carbocycles. The number of unbranched alkanes of at least 4 members (excludes halogenated alkanes) is 2. The summed E-state index contributed by atoms with van der Waals surface area (Å²) in [6.45, 7) is 38.4. The van der Waals surface area contributed by atoms with Crippen molar-refractivity contribution in [3.05, 3.63) is 95.4 Å². The number of aromatic nitrogens is 3. The van der Waals surface area contributed by atoms with Crippen LogP contribution in [0.2, 0.25) is 0 Å². The first-order chi connectivity index (χ1) is 36.8. The predicted molar refractivity (Wildman–Crippen MR) is 318 cm³/mol. The number of ether oxygens (including phenoxy) is 3. The number of furan rings is 1. The summed E-state index contributed by atoms with van der Waals surface area (Å²) >= 11 is 1.82. The van der Waals surface area contributed by atoms with Gasteiger partial charge >= 0.3 is 0 Å². The summed E-state index contributed by atoms with van der Waals surface area (Å²) in [5.41, 5.74) is 1.30. The second kappa shape index (κ2) is 51.3. The summed E-state index contributed by atoms with van der Waals surface area (Å²) in [5.74, 6) is 1.41. The molecule has 0 saturated carbocycles. The second-order valence-corrected chi connectivity index (χ2v) is 20.5. The lowest BCUT2D eigenvalue weighted by Crippen LogP contribution is -2.36. The number of aryl methyl sites for hydroxylation is 4. The Balaban J connectivity index is 0.000000423. The van der Waals surface area contributed by atoms with Gasteiger partial charge in [0.25, 0.3) is 0 Å². The average molecular weight is 1070 g/mol. The molecule has 9 heterocycles. The van der Waals surface area contributed by atoms with Gasteiger partial charge in [-0.25, -0.2) is 4.98 Å². The van der Waals surface area contributed by atoms with Crippen molar-refractivity contribution in [1.29, 1.82) is 0 Å². The highest BCUT2D eigenvalue weighted by atomic mass is 32.1. The molecule has 0 aromatic carbocycles. The fourth-order valence-electron chi connectivity index (χ4n) is 8.40. The summed E-state index contributed by atoms with van der Waals surface area (Å²) in [4.78, 5) is 29.9. The van der Waals surface area contributed by atoms with Crippen LogP contribution in [0.3, 0.4) is 0 Å². The molecular formula is C62H111N7O5S. The first-order valence-electron chi connectivity index (χ1n) is 29.9. The number of hydrogen-bond donors (Lipinski definition) is 0. The Morgan fingerprint density at radius 1 is 0.587 bits per heavy atom. The van der Waals surface area contributed by atoms with Crippen LogP contribution in [0.25, 0.3) is 0 Å². The number of likely N-dealkylation sites (tertiary alicyclic amines) is 2. The molecule has 1 amide bonds. The normalized spacial score (nSPS) is 17.3. The molecular weight excluding hydrogens is 955 g/mol. The molecule has 430 valence electrons. The van der Waals surface area contributed by atoms with Gasteiger partial charge in [-0.05, 0) is 158 Å². The highest BCUT2D eigenvalue weighted by molar-refractivity contribution is 7.09. The van der Waals surface area contributed by atoms with Crippen molar-refractivity contribution >= 4 is 17.2 Å². The van der Waals surface area contributed by atoms with Crippen LogP contribution in [0.4, 0.5) is 0 Å². The zero-order valence-corrected chi connectivity index (χ0v) is 50.2. The highest BCUT2D eigenvalue weighted by Crippen LogP contribution is 2.14. The van der Waals surface area contributed by atoms with Crippen LogP contribution in [0, 0.1) is 0 Å². The second-order valence-electron chi connectivity index (χ2n) is 19.4. The third kappa shape index (κ3) is 39.6. The maximum absolute atomic E-state index is 11.1. The largest absolute Gasteiger partial charge is 0.469 e. The van der Waals surface area contributed by atoms with E-state index in [1.165, 1.54) is 127 Å². The van der Waals surface area contributed by atoms with Gasteiger partial charge in [-0.15, -0.1) is 11.3 Å². The van der Waals surface area contributed by atoms with E-state index in [2.05, 4.69) is 115 Å². The SMILES string of the molecule is CCC1CCCO1.CCCCN1CCOCC1.CCCCn1ccnc1.CCCN1CCCC1.CCCN1CCCCC1=O.CCCN1CCOCC1.CCc1cccnc1.CCc1ccco1.CCc1cccs1. The van der Waals surface area contributed by atoms with Crippen molar-refractivity contribution in [3.63, 3.8) is 0 Å². The fourth-order valence-corrected chi connectivity index (χ4v) is 9.05. The van der Waals surface area contributed by atoms with Gasteiger partial charge in [0.15, 0.2) is 0 Å². The van der Waals surface area contributed by atoms with Crippen LogP contribution in [-0.2, 0) is 44.8 Å². The van der Waals surface area contributed by atoms with Crippen molar-refractivity contribution in [2.24, 2.45) is 0 Å². The van der Waals surface area contributed by atoms with E-state index in [0.29, 0.717) is 12.0 Å². The Kier molecular flexibility index (Phi) is 47.6. The van der Waals surface area contributed by atoms with Gasteiger partial charge in [0.2, 0.25) is 5.91 Å². The molecule has 0 spiro atoms. The first-order valence-corrected chi connectivity index (χ1v) is 30.8. The predicted octanol–water partition coefficient (Wildman–Crippen LogP) is 13.8. The Hall–Kier alpha value is -3.43. The van der Waals surface area contributed by atoms with Crippen LogP contribution >= 0.6 is 11.3 Å². The van der Waals surface area contributed by atoms with Crippen LogP contribution < -0.4 is 0 Å². The minimum absolute atomic E-state index is 0.355. The quantitative estimate of drug-likeness (QED) is 0.108. The molecule has 5 aliphatic heterocycles. The van der Waals surface area contributed by atoms with Crippen molar-refractivity contribution < 1.29 is 23.4 Å². The third-order valence-electron chi connectivity index (χ3n) is 13.0. The molecule has 0 radical (unpaired) electrons. The molecule has 12 nitrogen and oxygen atoms in total. The number of imidazole rings is 1. The van der Waals surface area contributed by atoms with Crippen LogP contribution in [0.15, 0.2) is 83.6 Å². The van der Waals surface area contributed by atoms with Gasteiger partial charge in [0.1, 0.15) is 5.76 Å². The number of nitrogens with zero attached hydrogens (tertiary/aromatic N) is 7. The molecule has 5 aliphatic rings. The lowest BCUT2D eigenvalue weighted by molar-refractivity contribution is -0.133. The minimum atomic E-state index is 0.355.